The predicted molar refractivity (Wildman–Crippen MR) is 49.0 cm³/mol. The van der Waals surface area contributed by atoms with Crippen molar-refractivity contribution in [3.8, 4) is 0 Å². The molecule has 2 atom stereocenters. The molecule has 1 radical (unpaired) electrons. The van der Waals surface area contributed by atoms with Crippen LogP contribution in [0.2, 0.25) is 0 Å². The highest BCUT2D eigenvalue weighted by Crippen LogP contribution is 2.24. The molecule has 0 bridgehead atoms. The lowest BCUT2D eigenvalue weighted by molar-refractivity contribution is 0.0529. The minimum absolute atomic E-state index is 0.229. The van der Waals surface area contributed by atoms with Crippen LogP contribution in [0.3, 0.4) is 0 Å². The molecular weight excluding hydrogens is 183 g/mol. The molecule has 0 aliphatic rings. The Morgan fingerprint density at radius 2 is 2.09 bits per heavy atom. The Kier molecular flexibility index (Phi) is 5.49. The monoisotopic (exact) mass is 197 g/mol. The smallest absolute Gasteiger partial charge is 0.113 e. The molecule has 0 aliphatic carbocycles. The molecule has 0 N–H and O–H groups in total. The summed E-state index contributed by atoms with van der Waals surface area (Å²) in [5.74, 6) is 0.229. The van der Waals surface area contributed by atoms with Gasteiger partial charge in [-0.2, -0.15) is 0 Å². The summed E-state index contributed by atoms with van der Waals surface area (Å²) in [4.78, 5) is -0.767. The lowest BCUT2D eigenvalue weighted by Crippen LogP contribution is -2.34. The topological polar surface area (TPSA) is 19.9 Å². The van der Waals surface area contributed by atoms with Gasteiger partial charge in [0.1, 0.15) is 6.10 Å². The Bertz CT molecular complexity index is 104. The maximum absolute atomic E-state index is 11.3. The van der Waals surface area contributed by atoms with Crippen LogP contribution in [0, 0.1) is 0 Å². The van der Waals surface area contributed by atoms with Crippen molar-refractivity contribution in [1.82, 2.24) is 0 Å². The van der Waals surface area contributed by atoms with Crippen molar-refractivity contribution >= 4 is 23.2 Å². The van der Waals surface area contributed by atoms with Crippen molar-refractivity contribution < 1.29 is 5.11 Å². The van der Waals surface area contributed by atoms with E-state index in [1.54, 1.807) is 6.92 Å². The summed E-state index contributed by atoms with van der Waals surface area (Å²) in [6.07, 6.45) is 1.87. The third-order valence-corrected chi connectivity index (χ3v) is 2.82. The number of hydrogen-bond donors (Lipinski definition) is 0. The molecule has 0 spiro atoms. The summed E-state index contributed by atoms with van der Waals surface area (Å²) in [5.41, 5.74) is 0. The summed E-state index contributed by atoms with van der Waals surface area (Å²) >= 11 is 11.4. The van der Waals surface area contributed by atoms with Crippen LogP contribution in [0.5, 0.6) is 0 Å². The highest BCUT2D eigenvalue weighted by Gasteiger charge is 2.30. The lowest BCUT2D eigenvalue weighted by atomic mass is 10.0. The Morgan fingerprint density at radius 1 is 1.55 bits per heavy atom. The normalized spacial score (nSPS) is 19.4. The summed E-state index contributed by atoms with van der Waals surface area (Å²) < 4.78 is 0. The minimum atomic E-state index is -0.767. The van der Waals surface area contributed by atoms with E-state index in [1.807, 2.05) is 0 Å². The lowest BCUT2D eigenvalue weighted by Gasteiger charge is -2.23. The fourth-order valence-corrected chi connectivity index (χ4v) is 1.06. The van der Waals surface area contributed by atoms with Gasteiger partial charge in [-0.15, -0.1) is 23.2 Å². The van der Waals surface area contributed by atoms with E-state index in [4.69, 9.17) is 23.2 Å². The molecule has 0 aromatic carbocycles. The van der Waals surface area contributed by atoms with Crippen LogP contribution in [0.4, 0.5) is 0 Å². The molecule has 0 aliphatic heterocycles. The van der Waals surface area contributed by atoms with E-state index in [2.05, 4.69) is 6.92 Å². The van der Waals surface area contributed by atoms with Gasteiger partial charge in [0, 0.05) is 5.88 Å². The molecule has 67 valence electrons. The van der Waals surface area contributed by atoms with Gasteiger partial charge in [0.2, 0.25) is 0 Å². The zero-order valence-corrected chi connectivity index (χ0v) is 8.58. The Labute approximate surface area is 78.7 Å². The van der Waals surface area contributed by atoms with Crippen molar-refractivity contribution in [2.75, 3.05) is 5.88 Å². The van der Waals surface area contributed by atoms with E-state index in [-0.39, 0.29) is 5.88 Å². The molecule has 0 saturated carbocycles. The molecule has 0 aromatic rings. The Balaban J connectivity index is 3.71. The zero-order chi connectivity index (χ0) is 8.91. The first-order valence-corrected chi connectivity index (χ1v) is 4.86. The fourth-order valence-electron chi connectivity index (χ4n) is 0.777. The van der Waals surface area contributed by atoms with E-state index in [0.717, 1.165) is 12.8 Å². The zero-order valence-electron chi connectivity index (χ0n) is 7.07. The van der Waals surface area contributed by atoms with Crippen LogP contribution >= 0.6 is 23.2 Å². The first-order valence-electron chi connectivity index (χ1n) is 3.95. The number of unbranched alkanes of at least 4 members (excludes halogenated alkanes) is 1. The first kappa shape index (κ1) is 11.5. The van der Waals surface area contributed by atoms with Gasteiger partial charge >= 0.3 is 0 Å². The van der Waals surface area contributed by atoms with Crippen molar-refractivity contribution in [2.24, 2.45) is 0 Å². The molecule has 3 heteroatoms. The highest BCUT2D eigenvalue weighted by atomic mass is 35.5. The van der Waals surface area contributed by atoms with Crippen LogP contribution in [0.25, 0.3) is 0 Å². The number of hydrogen-bond acceptors (Lipinski definition) is 0. The average molecular weight is 198 g/mol. The third-order valence-electron chi connectivity index (χ3n) is 1.75. The van der Waals surface area contributed by atoms with Crippen molar-refractivity contribution in [1.29, 1.82) is 0 Å². The van der Waals surface area contributed by atoms with E-state index in [9.17, 15) is 5.11 Å². The van der Waals surface area contributed by atoms with Crippen LogP contribution in [0.15, 0.2) is 0 Å². The third kappa shape index (κ3) is 4.19. The van der Waals surface area contributed by atoms with E-state index < -0.39 is 11.0 Å². The molecule has 0 rings (SSSR count). The van der Waals surface area contributed by atoms with Crippen LogP contribution in [-0.4, -0.2) is 16.9 Å². The number of rotatable bonds is 5. The van der Waals surface area contributed by atoms with Gasteiger partial charge in [-0.3, -0.25) is 0 Å². The van der Waals surface area contributed by atoms with Crippen LogP contribution in [0.1, 0.15) is 33.1 Å². The van der Waals surface area contributed by atoms with Gasteiger partial charge in [-0.1, -0.05) is 19.8 Å². The van der Waals surface area contributed by atoms with Crippen LogP contribution < -0.4 is 0 Å². The van der Waals surface area contributed by atoms with Crippen molar-refractivity contribution in [2.45, 2.75) is 44.1 Å². The SMILES string of the molecule is CCCCC([O])C(C)(Cl)CCl. The second kappa shape index (κ2) is 5.23. The predicted octanol–water partition coefficient (Wildman–Crippen LogP) is 3.21. The molecule has 0 fully saturated rings. The van der Waals surface area contributed by atoms with Gasteiger partial charge in [0.25, 0.3) is 0 Å². The van der Waals surface area contributed by atoms with E-state index >= 15 is 0 Å². The summed E-state index contributed by atoms with van der Waals surface area (Å²) in [6, 6.07) is 0. The van der Waals surface area contributed by atoms with E-state index in [1.165, 1.54) is 0 Å². The maximum Gasteiger partial charge on any atom is 0.113 e. The number of halogens is 2. The molecule has 0 saturated heterocycles. The quantitative estimate of drug-likeness (QED) is 0.604. The highest BCUT2D eigenvalue weighted by molar-refractivity contribution is 6.30. The molecular formula is C8H15Cl2O. The molecule has 0 aromatic heterocycles. The largest absolute Gasteiger partial charge is 0.231 e. The summed E-state index contributed by atoms with van der Waals surface area (Å²) in [5, 5.41) is 11.3. The number of alkyl halides is 2. The van der Waals surface area contributed by atoms with Gasteiger partial charge < -0.3 is 0 Å². The maximum atomic E-state index is 11.3. The fraction of sp³-hybridized carbons (Fsp3) is 1.00. The molecule has 0 heterocycles. The van der Waals surface area contributed by atoms with Gasteiger partial charge in [0.15, 0.2) is 0 Å². The molecule has 0 amide bonds. The summed E-state index contributed by atoms with van der Waals surface area (Å²) in [6.45, 7) is 3.76. The van der Waals surface area contributed by atoms with Gasteiger partial charge in [-0.25, -0.2) is 5.11 Å². The standard InChI is InChI=1S/C8H15Cl2O/c1-3-4-5-7(11)8(2,10)6-9/h7H,3-6H2,1-2H3. The van der Waals surface area contributed by atoms with Crippen LogP contribution in [-0.2, 0) is 5.11 Å². The first-order chi connectivity index (χ1) is 5.04. The second-order valence-corrected chi connectivity index (χ2v) is 4.17. The van der Waals surface area contributed by atoms with Gasteiger partial charge in [-0.05, 0) is 13.3 Å². The molecule has 1 nitrogen and oxygen atoms in total. The van der Waals surface area contributed by atoms with Crippen molar-refractivity contribution in [3.05, 3.63) is 0 Å². The Hall–Kier alpha value is 0.540. The molecule has 2 unspecified atom stereocenters. The molecule has 11 heavy (non-hydrogen) atoms. The van der Waals surface area contributed by atoms with Gasteiger partial charge in [0.05, 0.1) is 4.87 Å². The Morgan fingerprint density at radius 3 is 2.45 bits per heavy atom. The van der Waals surface area contributed by atoms with Crippen molar-refractivity contribution in [3.63, 3.8) is 0 Å². The minimum Gasteiger partial charge on any atom is -0.231 e. The second-order valence-electron chi connectivity index (χ2n) is 3.04. The van der Waals surface area contributed by atoms with E-state index in [0.29, 0.717) is 6.42 Å². The summed E-state index contributed by atoms with van der Waals surface area (Å²) in [7, 11) is 0. The average Bonchev–Trinajstić information content (AvgIpc) is 2.00.